The van der Waals surface area contributed by atoms with Gasteiger partial charge in [0.1, 0.15) is 5.76 Å². The van der Waals surface area contributed by atoms with Gasteiger partial charge in [-0.1, -0.05) is 12.1 Å². The van der Waals surface area contributed by atoms with Crippen LogP contribution in [0.3, 0.4) is 0 Å². The number of esters is 2. The van der Waals surface area contributed by atoms with Crippen LogP contribution in [0.1, 0.15) is 27.8 Å². The Morgan fingerprint density at radius 3 is 2.35 bits per heavy atom. The van der Waals surface area contributed by atoms with Crippen molar-refractivity contribution in [3.05, 3.63) is 47.7 Å². The van der Waals surface area contributed by atoms with Gasteiger partial charge in [0.2, 0.25) is 5.76 Å². The van der Waals surface area contributed by atoms with Crippen LogP contribution in [0.25, 0.3) is 11.3 Å². The molecule has 104 valence electrons. The van der Waals surface area contributed by atoms with Crippen molar-refractivity contribution in [3.8, 4) is 11.3 Å². The molecule has 0 saturated carbocycles. The molecule has 0 aliphatic rings. The van der Waals surface area contributed by atoms with Gasteiger partial charge in [0, 0.05) is 5.56 Å². The van der Waals surface area contributed by atoms with Crippen molar-refractivity contribution < 1.29 is 23.5 Å². The fourth-order valence-electron chi connectivity index (χ4n) is 1.69. The van der Waals surface area contributed by atoms with Crippen LogP contribution >= 0.6 is 0 Å². The summed E-state index contributed by atoms with van der Waals surface area (Å²) in [6, 6.07) is 9.96. The molecule has 0 fully saturated rings. The zero-order valence-corrected chi connectivity index (χ0v) is 11.2. The van der Waals surface area contributed by atoms with Crippen molar-refractivity contribution in [3.63, 3.8) is 0 Å². The van der Waals surface area contributed by atoms with Crippen LogP contribution in [0.2, 0.25) is 0 Å². The van der Waals surface area contributed by atoms with E-state index in [4.69, 9.17) is 9.15 Å². The number of hydrogen-bond donors (Lipinski definition) is 0. The van der Waals surface area contributed by atoms with Crippen LogP contribution in [-0.2, 0) is 9.47 Å². The summed E-state index contributed by atoms with van der Waals surface area (Å²) in [7, 11) is 1.29. The fraction of sp³-hybridized carbons (Fsp3) is 0.200. The molecule has 0 N–H and O–H groups in total. The first-order valence-electron chi connectivity index (χ1n) is 6.11. The minimum atomic E-state index is -0.528. The molecule has 5 nitrogen and oxygen atoms in total. The van der Waals surface area contributed by atoms with E-state index in [1.807, 2.05) is 0 Å². The Morgan fingerprint density at radius 2 is 1.75 bits per heavy atom. The molecule has 1 aromatic carbocycles. The molecule has 2 rings (SSSR count). The third-order valence-electron chi connectivity index (χ3n) is 2.67. The van der Waals surface area contributed by atoms with Gasteiger partial charge in [-0.2, -0.15) is 0 Å². The third-order valence-corrected chi connectivity index (χ3v) is 2.67. The van der Waals surface area contributed by atoms with Crippen molar-refractivity contribution in [2.24, 2.45) is 0 Å². The largest absolute Gasteiger partial charge is 0.463 e. The molecule has 0 atom stereocenters. The van der Waals surface area contributed by atoms with E-state index in [0.29, 0.717) is 17.9 Å². The normalized spacial score (nSPS) is 10.1. The van der Waals surface area contributed by atoms with Crippen LogP contribution in [-0.4, -0.2) is 25.7 Å². The highest BCUT2D eigenvalue weighted by molar-refractivity contribution is 5.90. The predicted molar refractivity (Wildman–Crippen MR) is 71.4 cm³/mol. The van der Waals surface area contributed by atoms with Crippen LogP contribution in [0, 0.1) is 0 Å². The average molecular weight is 274 g/mol. The summed E-state index contributed by atoms with van der Waals surface area (Å²) in [5.41, 5.74) is 1.23. The van der Waals surface area contributed by atoms with Gasteiger partial charge in [0.25, 0.3) is 0 Å². The molecule has 0 spiro atoms. The Labute approximate surface area is 116 Å². The highest BCUT2D eigenvalue weighted by Gasteiger charge is 2.13. The lowest BCUT2D eigenvalue weighted by Gasteiger charge is -2.02. The SMILES string of the molecule is CCOC(=O)c1ccc(-c2ccc(C(=O)OC)o2)cc1. The van der Waals surface area contributed by atoms with E-state index in [2.05, 4.69) is 4.74 Å². The molecule has 0 aliphatic carbocycles. The molecule has 0 radical (unpaired) electrons. The standard InChI is InChI=1S/C15H14O5/c1-3-19-14(16)11-6-4-10(5-7-11)12-8-9-13(20-12)15(17)18-2/h4-9H,3H2,1-2H3. The minimum Gasteiger partial charge on any atom is -0.463 e. The highest BCUT2D eigenvalue weighted by Crippen LogP contribution is 2.23. The molecule has 0 aliphatic heterocycles. The molecule has 0 amide bonds. The Kier molecular flexibility index (Phi) is 4.20. The number of benzene rings is 1. The Hall–Kier alpha value is -2.56. The lowest BCUT2D eigenvalue weighted by Crippen LogP contribution is -2.03. The molecule has 0 unspecified atom stereocenters. The van der Waals surface area contributed by atoms with Gasteiger partial charge in [-0.3, -0.25) is 0 Å². The number of carbonyl (C=O) groups is 2. The zero-order valence-electron chi connectivity index (χ0n) is 11.2. The summed E-state index contributed by atoms with van der Waals surface area (Å²) in [4.78, 5) is 22.8. The van der Waals surface area contributed by atoms with E-state index in [9.17, 15) is 9.59 Å². The summed E-state index contributed by atoms with van der Waals surface area (Å²) < 4.78 is 14.8. The smallest absolute Gasteiger partial charge is 0.373 e. The Bertz CT molecular complexity index is 609. The van der Waals surface area contributed by atoms with Gasteiger partial charge >= 0.3 is 11.9 Å². The number of rotatable bonds is 4. The second-order valence-electron chi connectivity index (χ2n) is 3.95. The molecule has 0 saturated heterocycles. The van der Waals surface area contributed by atoms with Crippen LogP contribution in [0.5, 0.6) is 0 Å². The molecular formula is C15H14O5. The van der Waals surface area contributed by atoms with Gasteiger partial charge < -0.3 is 13.9 Å². The second kappa shape index (κ2) is 6.06. The second-order valence-corrected chi connectivity index (χ2v) is 3.95. The van der Waals surface area contributed by atoms with E-state index >= 15 is 0 Å². The summed E-state index contributed by atoms with van der Waals surface area (Å²) in [6.45, 7) is 2.09. The number of hydrogen-bond acceptors (Lipinski definition) is 5. The van der Waals surface area contributed by atoms with E-state index in [1.54, 1.807) is 43.3 Å². The van der Waals surface area contributed by atoms with Crippen molar-refractivity contribution in [1.82, 2.24) is 0 Å². The van der Waals surface area contributed by atoms with Crippen LogP contribution in [0.4, 0.5) is 0 Å². The van der Waals surface area contributed by atoms with Gasteiger partial charge in [0.05, 0.1) is 19.3 Å². The van der Waals surface area contributed by atoms with E-state index in [0.717, 1.165) is 5.56 Å². The lowest BCUT2D eigenvalue weighted by molar-refractivity contribution is 0.0524. The molecule has 1 aromatic heterocycles. The third kappa shape index (κ3) is 2.88. The molecule has 2 aromatic rings. The van der Waals surface area contributed by atoms with Crippen LogP contribution in [0.15, 0.2) is 40.8 Å². The number of ether oxygens (including phenoxy) is 2. The first-order chi connectivity index (χ1) is 9.65. The first kappa shape index (κ1) is 13.9. The van der Waals surface area contributed by atoms with E-state index < -0.39 is 5.97 Å². The topological polar surface area (TPSA) is 65.7 Å². The van der Waals surface area contributed by atoms with Gasteiger partial charge in [-0.15, -0.1) is 0 Å². The van der Waals surface area contributed by atoms with E-state index in [-0.39, 0.29) is 11.7 Å². The minimum absolute atomic E-state index is 0.136. The van der Waals surface area contributed by atoms with Crippen molar-refractivity contribution in [2.45, 2.75) is 6.92 Å². The van der Waals surface area contributed by atoms with Crippen molar-refractivity contribution in [2.75, 3.05) is 13.7 Å². The summed E-state index contributed by atoms with van der Waals surface area (Å²) in [6.07, 6.45) is 0. The Balaban J connectivity index is 2.19. The monoisotopic (exact) mass is 274 g/mol. The first-order valence-corrected chi connectivity index (χ1v) is 6.11. The molecule has 0 bridgehead atoms. The molecule has 1 heterocycles. The zero-order chi connectivity index (χ0) is 14.5. The maximum absolute atomic E-state index is 11.5. The number of furan rings is 1. The Morgan fingerprint density at radius 1 is 1.05 bits per heavy atom. The number of methoxy groups -OCH3 is 1. The fourth-order valence-corrected chi connectivity index (χ4v) is 1.69. The lowest BCUT2D eigenvalue weighted by atomic mass is 10.1. The molecule has 5 heteroatoms. The van der Waals surface area contributed by atoms with Gasteiger partial charge in [-0.25, -0.2) is 9.59 Å². The maximum atomic E-state index is 11.5. The van der Waals surface area contributed by atoms with Gasteiger partial charge in [-0.05, 0) is 31.2 Å². The summed E-state index contributed by atoms with van der Waals surface area (Å²) in [5, 5.41) is 0. The number of carbonyl (C=O) groups excluding carboxylic acids is 2. The quantitative estimate of drug-likeness (QED) is 0.802. The summed E-state index contributed by atoms with van der Waals surface area (Å²) >= 11 is 0. The molecular weight excluding hydrogens is 260 g/mol. The maximum Gasteiger partial charge on any atom is 0.373 e. The van der Waals surface area contributed by atoms with Crippen LogP contribution < -0.4 is 0 Å². The average Bonchev–Trinajstić information content (AvgIpc) is 2.96. The molecule has 20 heavy (non-hydrogen) atoms. The van der Waals surface area contributed by atoms with Gasteiger partial charge in [0.15, 0.2) is 0 Å². The van der Waals surface area contributed by atoms with Crippen molar-refractivity contribution in [1.29, 1.82) is 0 Å². The highest BCUT2D eigenvalue weighted by atomic mass is 16.5. The van der Waals surface area contributed by atoms with Crippen molar-refractivity contribution >= 4 is 11.9 Å². The van der Waals surface area contributed by atoms with E-state index in [1.165, 1.54) is 7.11 Å². The predicted octanol–water partition coefficient (Wildman–Crippen LogP) is 2.91. The summed E-state index contributed by atoms with van der Waals surface area (Å²) in [5.74, 6) is -0.231.